The zero-order valence-electron chi connectivity index (χ0n) is 46.2. The fourth-order valence-corrected chi connectivity index (χ4v) is 16.1. The van der Waals surface area contributed by atoms with E-state index < -0.39 is 175 Å². The zero-order valence-corrected chi connectivity index (χ0v) is 53.1. The highest BCUT2D eigenvalue weighted by Crippen LogP contribution is 2.59. The number of fused-ring (bicyclic) bond motifs is 10. The standard InChI is InChI=1S/2C22H25F2N9O9P2S2/c2*23-11-9-3-38-43(35,45)7-37-15-10(41-20(12(15)24)32-5-28-13-8(25)1-2-27-17(13)32)4-39-44(36,46)42-16(11)21(40-9)33-6-29-14-18(33)30-22(26)31-19(14)34/h2*1-2,5-6,9-12,15-16,20-21H,3-4,7H2,(H2,25,27)(H,35,45)(H,36,46)(H3,26,30,31,34)/t2*9-,10-,11-,12+,15-,16-,20-,21-,43?,44?/m11/s1. The lowest BCUT2D eigenvalue weighted by atomic mass is 10.1. The number of nitrogens with one attached hydrogen (secondary N) is 2. The Bertz CT molecular complexity index is 4210. The summed E-state index contributed by atoms with van der Waals surface area (Å²) < 4.78 is 150. The molecule has 6 aliphatic rings. The topological polar surface area (TPSA) is 481 Å². The van der Waals surface area contributed by atoms with Gasteiger partial charge in [-0.15, -0.1) is 0 Å². The van der Waals surface area contributed by atoms with Gasteiger partial charge in [0.2, 0.25) is 24.9 Å². The molecular weight excluding hydrogens is 1400 g/mol. The fraction of sp³-hybridized carbons (Fsp3) is 0.500. The molecule has 14 rings (SSSR count). The number of halogens is 4. The van der Waals surface area contributed by atoms with E-state index in [1.807, 2.05) is 0 Å². The second-order valence-corrected chi connectivity index (χ2v) is 33.8. The van der Waals surface area contributed by atoms with Crippen LogP contribution in [0.1, 0.15) is 24.9 Å². The number of hydrogen-bond donors (Lipinski definition) is 10. The van der Waals surface area contributed by atoms with E-state index >= 15 is 17.6 Å². The Kier molecular flexibility index (Phi) is 17.8. The number of nitrogen functional groups attached to an aromatic ring is 4. The van der Waals surface area contributed by atoms with Crippen LogP contribution < -0.4 is 34.1 Å². The van der Waals surface area contributed by atoms with Gasteiger partial charge in [-0.3, -0.25) is 51.4 Å². The molecule has 13 N–H and O–H groups in total. The van der Waals surface area contributed by atoms with Gasteiger partial charge in [-0.2, -0.15) is 9.97 Å². The molecule has 0 saturated carbocycles. The van der Waals surface area contributed by atoms with Crippen LogP contribution in [0.5, 0.6) is 0 Å². The lowest BCUT2D eigenvalue weighted by Crippen LogP contribution is -2.36. The van der Waals surface area contributed by atoms with E-state index in [1.165, 1.54) is 50.9 Å². The molecule has 20 atom stereocenters. The molecule has 8 aromatic heterocycles. The molecule has 48 heteroatoms. The molecule has 496 valence electrons. The van der Waals surface area contributed by atoms with Gasteiger partial charge < -0.3 is 79.6 Å². The van der Waals surface area contributed by atoms with Crippen molar-refractivity contribution in [1.29, 1.82) is 0 Å². The number of aromatic nitrogens is 14. The van der Waals surface area contributed by atoms with Crippen LogP contribution >= 0.6 is 38.7 Å². The minimum absolute atomic E-state index is 0.0788. The highest BCUT2D eigenvalue weighted by atomic mass is 32.7. The third-order valence-corrected chi connectivity index (χ3v) is 21.6. The van der Waals surface area contributed by atoms with Crippen molar-refractivity contribution in [2.75, 3.05) is 62.1 Å². The SMILES string of the molecule is Nc1nc2c(ncn2[C@@H]2O[C@@H]3COP(O)(=S)CO[C@H]4[C@H](F)[C@H](n5cnc6c(N)ccnc65)O[C@@H]4COP(=O)(S)O[C@@H]2[C@@H]3F)c(=O)[nH]1.Nc1nc2c(ncn2[C@@H]2O[C@@H]3COP(O)(=S)CO[C@H]4[C@H](F)[C@H](n5cnc6c(N)ccnc65)O[C@@H]4COP(O)(=S)O[C@@H]2[C@@H]3F)c(=O)[nH]1. The summed E-state index contributed by atoms with van der Waals surface area (Å²) in [5, 5.41) is 0. The number of aromatic amines is 2. The van der Waals surface area contributed by atoms with Crippen molar-refractivity contribution < 1.29 is 92.4 Å². The summed E-state index contributed by atoms with van der Waals surface area (Å²) in [5.74, 6) is -0.507. The van der Waals surface area contributed by atoms with Crippen LogP contribution in [0.15, 0.2) is 59.4 Å². The zero-order chi connectivity index (χ0) is 65.1. The van der Waals surface area contributed by atoms with Gasteiger partial charge in [0.05, 0.1) is 63.1 Å². The lowest BCUT2D eigenvalue weighted by Gasteiger charge is -2.27. The molecule has 6 fully saturated rings. The van der Waals surface area contributed by atoms with Crippen LogP contribution in [0, 0.1) is 0 Å². The number of pyridine rings is 2. The molecule has 14 heterocycles. The Hall–Kier alpha value is -5.21. The molecule has 6 aliphatic heterocycles. The molecule has 36 nitrogen and oxygen atoms in total. The van der Waals surface area contributed by atoms with Gasteiger partial charge >= 0.3 is 13.5 Å². The minimum atomic E-state index is -4.47. The summed E-state index contributed by atoms with van der Waals surface area (Å²) in [6, 6.07) is 3.06. The normalized spacial score (nSPS) is 37.4. The van der Waals surface area contributed by atoms with Crippen molar-refractivity contribution in [2.45, 2.75) is 98.4 Å². The maximum atomic E-state index is 16.0. The van der Waals surface area contributed by atoms with Gasteiger partial charge in [0.1, 0.15) is 72.6 Å². The van der Waals surface area contributed by atoms with Crippen LogP contribution in [0.2, 0.25) is 0 Å². The minimum Gasteiger partial charge on any atom is -0.397 e. The number of anilines is 4. The highest BCUT2D eigenvalue weighted by Gasteiger charge is 2.55. The first-order chi connectivity index (χ1) is 43.6. The van der Waals surface area contributed by atoms with E-state index in [4.69, 9.17) is 114 Å². The quantitative estimate of drug-likeness (QED) is 0.0682. The first-order valence-corrected chi connectivity index (χ1v) is 37.9. The summed E-state index contributed by atoms with van der Waals surface area (Å²) >= 11 is 19.6. The predicted octanol–water partition coefficient (Wildman–Crippen LogP) is 1.81. The van der Waals surface area contributed by atoms with Gasteiger partial charge in [-0.25, -0.2) is 52.0 Å². The molecule has 4 unspecified atom stereocenters. The average molecular weight is 1450 g/mol. The largest absolute Gasteiger partial charge is 0.397 e. The van der Waals surface area contributed by atoms with E-state index in [9.17, 15) is 28.8 Å². The maximum Gasteiger partial charge on any atom is 0.386 e. The van der Waals surface area contributed by atoms with Crippen molar-refractivity contribution in [3.05, 3.63) is 70.5 Å². The Balaban J connectivity index is 0.000000168. The van der Waals surface area contributed by atoms with E-state index in [2.05, 4.69) is 62.1 Å². The third kappa shape index (κ3) is 12.7. The monoisotopic (exact) mass is 1450 g/mol. The summed E-state index contributed by atoms with van der Waals surface area (Å²) in [4.78, 5) is 95.0. The molecule has 0 aliphatic carbocycles. The van der Waals surface area contributed by atoms with Gasteiger partial charge in [-0.05, 0) is 47.6 Å². The van der Waals surface area contributed by atoms with Crippen molar-refractivity contribution >= 4 is 142 Å². The first-order valence-electron chi connectivity index (χ1n) is 26.9. The molecule has 0 radical (unpaired) electrons. The molecule has 0 spiro atoms. The number of hydrogen-bond acceptors (Lipinski definition) is 30. The Morgan fingerprint density at radius 2 is 0.891 bits per heavy atom. The van der Waals surface area contributed by atoms with E-state index in [-0.39, 0.29) is 45.5 Å². The van der Waals surface area contributed by atoms with Gasteiger partial charge in [0.25, 0.3) is 11.1 Å². The van der Waals surface area contributed by atoms with Crippen LogP contribution in [0.3, 0.4) is 0 Å². The Morgan fingerprint density at radius 3 is 1.34 bits per heavy atom. The number of nitrogens with zero attached hydrogens (tertiary/aromatic N) is 12. The fourth-order valence-electron chi connectivity index (χ4n) is 10.9. The van der Waals surface area contributed by atoms with Crippen LogP contribution in [0.25, 0.3) is 44.7 Å². The molecule has 8 aromatic rings. The molecule has 0 aromatic carbocycles. The Morgan fingerprint density at radius 1 is 0.511 bits per heavy atom. The second kappa shape index (κ2) is 25.1. The van der Waals surface area contributed by atoms with Crippen molar-refractivity contribution in [3.63, 3.8) is 0 Å². The van der Waals surface area contributed by atoms with Crippen molar-refractivity contribution in [1.82, 2.24) is 68.1 Å². The summed E-state index contributed by atoms with van der Waals surface area (Å²) in [5.41, 5.74) is 23.2. The first kappa shape index (κ1) is 65.5. The number of imidazole rings is 4. The molecule has 0 amide bonds. The molecule has 6 saturated heterocycles. The summed E-state index contributed by atoms with van der Waals surface area (Å²) in [6.07, 6.45) is -18.8. The highest BCUT2D eigenvalue weighted by molar-refractivity contribution is 8.44. The number of H-pyrrole nitrogens is 2. The van der Waals surface area contributed by atoms with E-state index in [0.29, 0.717) is 22.4 Å². The number of alkyl halides is 4. The number of rotatable bonds is 4. The number of nitrogens with two attached hydrogens (primary N) is 4. The summed E-state index contributed by atoms with van der Waals surface area (Å²) in [7, 11) is 0. The number of ether oxygens (including phenoxy) is 6. The summed E-state index contributed by atoms with van der Waals surface area (Å²) in [6.45, 7) is -18.9. The van der Waals surface area contributed by atoms with Gasteiger partial charge in [-0.1, -0.05) is 12.2 Å². The molecule has 4 bridgehead atoms. The lowest BCUT2D eigenvalue weighted by molar-refractivity contribution is -0.0570. The smallest absolute Gasteiger partial charge is 0.386 e. The third-order valence-electron chi connectivity index (χ3n) is 15.1. The van der Waals surface area contributed by atoms with Crippen molar-refractivity contribution in [3.8, 4) is 0 Å². The predicted molar refractivity (Wildman–Crippen MR) is 323 cm³/mol. The van der Waals surface area contributed by atoms with Crippen LogP contribution in [-0.4, -0.2) is 195 Å². The maximum absolute atomic E-state index is 16.0. The van der Waals surface area contributed by atoms with E-state index in [1.54, 1.807) is 0 Å². The second-order valence-electron chi connectivity index (χ2n) is 21.1. The number of thiol groups is 1. The van der Waals surface area contributed by atoms with Crippen LogP contribution in [-0.2, 0) is 95.5 Å². The molecule has 92 heavy (non-hydrogen) atoms. The molecular formula is C44H50F4N18O18P4S4. The van der Waals surface area contributed by atoms with Crippen LogP contribution in [0.4, 0.5) is 40.8 Å². The van der Waals surface area contributed by atoms with Gasteiger partial charge in [0.15, 0.2) is 83.2 Å². The average Bonchev–Trinajstić information content (AvgIpc) is 1.57. The van der Waals surface area contributed by atoms with Gasteiger partial charge in [0, 0.05) is 12.4 Å². The Labute approximate surface area is 531 Å². The van der Waals surface area contributed by atoms with Crippen molar-refractivity contribution in [2.24, 2.45) is 0 Å². The van der Waals surface area contributed by atoms with E-state index in [0.717, 1.165) is 17.2 Å².